The maximum Gasteiger partial charge on any atom is 0.310 e. The Morgan fingerprint density at radius 1 is 1.50 bits per heavy atom. The fourth-order valence-electron chi connectivity index (χ4n) is 2.23. The minimum Gasteiger partial charge on any atom is -0.466 e. The second kappa shape index (κ2) is 7.76. The Morgan fingerprint density at radius 3 is 2.91 bits per heavy atom. The van der Waals surface area contributed by atoms with E-state index in [0.717, 1.165) is 21.2 Å². The highest BCUT2D eigenvalue weighted by Crippen LogP contribution is 2.23. The topological polar surface area (TPSA) is 58.6 Å². The van der Waals surface area contributed by atoms with E-state index in [1.165, 1.54) is 11.3 Å². The molecule has 0 atom stereocenters. The molecule has 1 aromatic heterocycles. The van der Waals surface area contributed by atoms with Crippen LogP contribution in [-0.2, 0) is 20.9 Å². The summed E-state index contributed by atoms with van der Waals surface area (Å²) in [6.45, 7) is 5.09. The summed E-state index contributed by atoms with van der Waals surface area (Å²) in [4.78, 5) is 25.2. The van der Waals surface area contributed by atoms with Crippen LogP contribution in [0.4, 0.5) is 0 Å². The Balaban J connectivity index is 1.97. The van der Waals surface area contributed by atoms with Crippen LogP contribution in [-0.4, -0.2) is 30.0 Å². The number of nitrogens with one attached hydrogen (secondary N) is 1. The SMILES string of the molecule is CCOC(=O)CC1=C(C)CCN(NCc2ccc(Cl)s2)C1=O. The molecule has 1 aliphatic heterocycles. The molecule has 0 aliphatic carbocycles. The summed E-state index contributed by atoms with van der Waals surface area (Å²) in [6.07, 6.45) is 0.778. The van der Waals surface area contributed by atoms with E-state index in [2.05, 4.69) is 5.43 Å². The molecule has 2 rings (SSSR count). The fraction of sp³-hybridized carbons (Fsp3) is 0.467. The maximum absolute atomic E-state index is 12.5. The van der Waals surface area contributed by atoms with Gasteiger partial charge in [-0.05, 0) is 32.4 Å². The lowest BCUT2D eigenvalue weighted by atomic mass is 9.99. The zero-order chi connectivity index (χ0) is 16.1. The summed E-state index contributed by atoms with van der Waals surface area (Å²) < 4.78 is 5.65. The zero-order valence-electron chi connectivity index (χ0n) is 12.6. The number of ether oxygens (including phenoxy) is 1. The first-order valence-corrected chi connectivity index (χ1v) is 8.34. The molecule has 0 unspecified atom stereocenters. The van der Waals surface area contributed by atoms with Crippen molar-refractivity contribution < 1.29 is 14.3 Å². The molecule has 1 aromatic rings. The highest BCUT2D eigenvalue weighted by atomic mass is 35.5. The second-order valence-corrected chi connectivity index (χ2v) is 6.79. The Hall–Kier alpha value is -1.37. The lowest BCUT2D eigenvalue weighted by molar-refractivity contribution is -0.144. The smallest absolute Gasteiger partial charge is 0.310 e. The van der Waals surface area contributed by atoms with Crippen molar-refractivity contribution in [1.82, 2.24) is 10.4 Å². The first-order chi connectivity index (χ1) is 10.5. The molecule has 5 nitrogen and oxygen atoms in total. The van der Waals surface area contributed by atoms with Gasteiger partial charge < -0.3 is 4.74 Å². The highest BCUT2D eigenvalue weighted by Gasteiger charge is 2.27. The summed E-state index contributed by atoms with van der Waals surface area (Å²) in [5.41, 5.74) is 4.59. The number of thiophene rings is 1. The molecular formula is C15H19ClN2O3S. The third-order valence-electron chi connectivity index (χ3n) is 3.43. The van der Waals surface area contributed by atoms with Crippen LogP contribution in [0.3, 0.4) is 0 Å². The number of esters is 1. The monoisotopic (exact) mass is 342 g/mol. The predicted molar refractivity (Wildman–Crippen MR) is 86.4 cm³/mol. The molecule has 120 valence electrons. The molecule has 0 radical (unpaired) electrons. The Morgan fingerprint density at radius 2 is 2.27 bits per heavy atom. The van der Waals surface area contributed by atoms with Crippen LogP contribution in [0.15, 0.2) is 23.3 Å². The van der Waals surface area contributed by atoms with Gasteiger partial charge in [0.05, 0.1) is 17.4 Å². The first kappa shape index (κ1) is 17.0. The normalized spacial score (nSPS) is 15.4. The van der Waals surface area contributed by atoms with Gasteiger partial charge in [0.25, 0.3) is 5.91 Å². The maximum atomic E-state index is 12.5. The first-order valence-electron chi connectivity index (χ1n) is 7.15. The lowest BCUT2D eigenvalue weighted by Gasteiger charge is -2.29. The molecule has 0 spiro atoms. The summed E-state index contributed by atoms with van der Waals surface area (Å²) in [7, 11) is 0. The summed E-state index contributed by atoms with van der Waals surface area (Å²) >= 11 is 7.37. The quantitative estimate of drug-likeness (QED) is 0.807. The van der Waals surface area contributed by atoms with Crippen molar-refractivity contribution in [2.75, 3.05) is 13.2 Å². The van der Waals surface area contributed by atoms with Gasteiger partial charge in [0, 0.05) is 23.5 Å². The van der Waals surface area contributed by atoms with E-state index >= 15 is 0 Å². The van der Waals surface area contributed by atoms with Crippen LogP contribution in [0, 0.1) is 0 Å². The molecule has 7 heteroatoms. The van der Waals surface area contributed by atoms with Crippen molar-refractivity contribution in [3.05, 3.63) is 32.5 Å². The largest absolute Gasteiger partial charge is 0.466 e. The van der Waals surface area contributed by atoms with Crippen LogP contribution < -0.4 is 5.43 Å². The molecular weight excluding hydrogens is 324 g/mol. The average Bonchev–Trinajstić information content (AvgIpc) is 2.88. The number of hydrogen-bond acceptors (Lipinski definition) is 5. The molecule has 1 N–H and O–H groups in total. The summed E-state index contributed by atoms with van der Waals surface area (Å²) in [6, 6.07) is 3.76. The van der Waals surface area contributed by atoms with Crippen molar-refractivity contribution in [3.63, 3.8) is 0 Å². The van der Waals surface area contributed by atoms with Crippen LogP contribution in [0.2, 0.25) is 4.34 Å². The van der Waals surface area contributed by atoms with Crippen LogP contribution >= 0.6 is 22.9 Å². The molecule has 0 fully saturated rings. The van der Waals surface area contributed by atoms with Gasteiger partial charge in [0.15, 0.2) is 0 Å². The molecule has 0 aromatic carbocycles. The van der Waals surface area contributed by atoms with Gasteiger partial charge >= 0.3 is 5.97 Å². The summed E-state index contributed by atoms with van der Waals surface area (Å²) in [5.74, 6) is -0.517. The molecule has 0 saturated heterocycles. The highest BCUT2D eigenvalue weighted by molar-refractivity contribution is 7.16. The number of halogens is 1. The molecule has 0 saturated carbocycles. The van der Waals surface area contributed by atoms with E-state index in [0.29, 0.717) is 25.3 Å². The molecule has 0 bridgehead atoms. The number of hydrogen-bond donors (Lipinski definition) is 1. The van der Waals surface area contributed by atoms with E-state index in [1.807, 2.05) is 19.1 Å². The van der Waals surface area contributed by atoms with Crippen molar-refractivity contribution in [1.29, 1.82) is 0 Å². The van der Waals surface area contributed by atoms with E-state index in [9.17, 15) is 9.59 Å². The number of carbonyl (C=O) groups is 2. The van der Waals surface area contributed by atoms with Gasteiger partial charge in [-0.25, -0.2) is 5.43 Å². The van der Waals surface area contributed by atoms with Gasteiger partial charge in [0.1, 0.15) is 0 Å². The molecule has 1 amide bonds. The zero-order valence-corrected chi connectivity index (χ0v) is 14.2. The van der Waals surface area contributed by atoms with Crippen molar-refractivity contribution in [2.24, 2.45) is 0 Å². The number of amides is 1. The number of rotatable bonds is 6. The predicted octanol–water partition coefficient (Wildman–Crippen LogP) is 2.91. The fourth-order valence-corrected chi connectivity index (χ4v) is 3.25. The molecule has 22 heavy (non-hydrogen) atoms. The minimum atomic E-state index is -0.364. The van der Waals surface area contributed by atoms with Crippen LogP contribution in [0.1, 0.15) is 31.6 Å². The number of nitrogens with zero attached hydrogens (tertiary/aromatic N) is 1. The summed E-state index contributed by atoms with van der Waals surface area (Å²) in [5, 5.41) is 1.56. The Kier molecular flexibility index (Phi) is 5.99. The van der Waals surface area contributed by atoms with Gasteiger partial charge in [0.2, 0.25) is 0 Å². The third kappa shape index (κ3) is 4.32. The van der Waals surface area contributed by atoms with E-state index < -0.39 is 0 Å². The van der Waals surface area contributed by atoms with Crippen LogP contribution in [0.5, 0.6) is 0 Å². The van der Waals surface area contributed by atoms with Crippen molar-refractivity contribution in [2.45, 2.75) is 33.2 Å². The van der Waals surface area contributed by atoms with Gasteiger partial charge in [-0.3, -0.25) is 14.6 Å². The van der Waals surface area contributed by atoms with Crippen LogP contribution in [0.25, 0.3) is 0 Å². The van der Waals surface area contributed by atoms with Gasteiger partial charge in [-0.15, -0.1) is 11.3 Å². The molecule has 1 aliphatic rings. The van der Waals surface area contributed by atoms with E-state index in [4.69, 9.17) is 16.3 Å². The minimum absolute atomic E-state index is 0.0293. The Labute approximate surface area is 138 Å². The van der Waals surface area contributed by atoms with Crippen molar-refractivity contribution in [3.8, 4) is 0 Å². The van der Waals surface area contributed by atoms with Crippen molar-refractivity contribution >= 4 is 34.8 Å². The second-order valence-electron chi connectivity index (χ2n) is 4.99. The Bertz CT molecular complexity index is 597. The number of hydrazine groups is 1. The van der Waals surface area contributed by atoms with Gasteiger partial charge in [-0.1, -0.05) is 17.2 Å². The molecule has 2 heterocycles. The lowest BCUT2D eigenvalue weighted by Crippen LogP contribution is -2.46. The standard InChI is InChI=1S/C15H19ClN2O3S/c1-3-21-14(19)8-12-10(2)6-7-18(15(12)20)17-9-11-4-5-13(16)22-11/h4-5,17H,3,6-9H2,1-2H3. The van der Waals surface area contributed by atoms with E-state index in [1.54, 1.807) is 11.9 Å². The average molecular weight is 343 g/mol. The van der Waals surface area contributed by atoms with Gasteiger partial charge in [-0.2, -0.15) is 0 Å². The number of carbonyl (C=O) groups excluding carboxylic acids is 2. The van der Waals surface area contributed by atoms with E-state index in [-0.39, 0.29) is 18.3 Å². The third-order valence-corrected chi connectivity index (χ3v) is 4.66.